The van der Waals surface area contributed by atoms with E-state index >= 15 is 0 Å². The maximum Gasteiger partial charge on any atom is 0.359 e. The number of nitrogens with zero attached hydrogens (tertiary/aromatic N) is 1. The Labute approximate surface area is 193 Å². The van der Waals surface area contributed by atoms with Crippen molar-refractivity contribution in [2.45, 2.75) is 109 Å². The summed E-state index contributed by atoms with van der Waals surface area (Å²) in [5.41, 5.74) is -1.97. The summed E-state index contributed by atoms with van der Waals surface area (Å²) in [6, 6.07) is 0.919. The van der Waals surface area contributed by atoms with Gasteiger partial charge in [-0.05, 0) is 58.8 Å². The molecule has 1 saturated carbocycles. The number of fused-ring (bicyclic) bond motifs is 1. The van der Waals surface area contributed by atoms with Crippen LogP contribution < -0.4 is 11.2 Å². The van der Waals surface area contributed by atoms with Crippen LogP contribution >= 0.6 is 7.60 Å². The molecule has 0 aromatic carbocycles. The minimum Gasteiger partial charge on any atom is -0.378 e. The minimum absolute atomic E-state index is 0.0702. The Morgan fingerprint density at radius 1 is 1.21 bits per heavy atom. The highest BCUT2D eigenvalue weighted by molar-refractivity contribution is 7.54. The molecule has 33 heavy (non-hydrogen) atoms. The van der Waals surface area contributed by atoms with Crippen molar-refractivity contribution in [3.8, 4) is 0 Å². The lowest BCUT2D eigenvalue weighted by atomic mass is 9.84. The summed E-state index contributed by atoms with van der Waals surface area (Å²) in [7, 11) is -4.36. The van der Waals surface area contributed by atoms with Gasteiger partial charge in [-0.3, -0.25) is 18.9 Å². The first kappa shape index (κ1) is 26.3. The third-order valence-corrected chi connectivity index (χ3v) is 9.45. The van der Waals surface area contributed by atoms with Crippen molar-refractivity contribution < 1.29 is 28.6 Å². The molecule has 0 bridgehead atoms. The Bertz CT molecular complexity index is 1010. The highest BCUT2D eigenvalue weighted by atomic mass is 31.2. The molecule has 2 heterocycles. The number of aliphatic hydroxyl groups is 1. The molecule has 1 saturated heterocycles. The predicted octanol–water partition coefficient (Wildman–Crippen LogP) is 2.89. The smallest absolute Gasteiger partial charge is 0.359 e. The molecule has 188 valence electrons. The van der Waals surface area contributed by atoms with Gasteiger partial charge in [-0.1, -0.05) is 20.8 Å². The second kappa shape index (κ2) is 9.06. The summed E-state index contributed by atoms with van der Waals surface area (Å²) in [6.45, 7) is 10.3. The Morgan fingerprint density at radius 3 is 2.36 bits per heavy atom. The summed E-state index contributed by atoms with van der Waals surface area (Å²) < 4.78 is 32.7. The molecule has 0 amide bonds. The van der Waals surface area contributed by atoms with Gasteiger partial charge in [0.05, 0.1) is 17.7 Å². The molecule has 10 nitrogen and oxygen atoms in total. The SMILES string of the molecule is CCC(CC)(CC1C[C@@H](n2ccc(=O)[nH]c2=O)[C@@H]2OC(C)(C)O[C@H]12)OP(=O)(O)C(C)(O)CC. The molecule has 2 aliphatic rings. The Balaban J connectivity index is 1.94. The molecule has 1 aromatic rings. The molecule has 3 rings (SSSR count). The minimum atomic E-state index is -4.36. The topological polar surface area (TPSA) is 140 Å². The fourth-order valence-electron chi connectivity index (χ4n) is 4.96. The van der Waals surface area contributed by atoms with Crippen molar-refractivity contribution in [1.29, 1.82) is 0 Å². The zero-order valence-corrected chi connectivity index (χ0v) is 21.1. The van der Waals surface area contributed by atoms with Gasteiger partial charge in [-0.2, -0.15) is 0 Å². The molecule has 2 fully saturated rings. The second-order valence-corrected chi connectivity index (χ2v) is 12.1. The monoisotopic (exact) mass is 488 g/mol. The van der Waals surface area contributed by atoms with Crippen molar-refractivity contribution in [1.82, 2.24) is 9.55 Å². The van der Waals surface area contributed by atoms with Gasteiger partial charge in [0.25, 0.3) is 5.56 Å². The van der Waals surface area contributed by atoms with Crippen molar-refractivity contribution in [3.05, 3.63) is 33.1 Å². The Morgan fingerprint density at radius 2 is 1.82 bits per heavy atom. The van der Waals surface area contributed by atoms with E-state index in [0.717, 1.165) is 0 Å². The fourth-order valence-corrected chi connectivity index (χ4v) is 6.42. The van der Waals surface area contributed by atoms with E-state index in [0.29, 0.717) is 25.7 Å². The quantitative estimate of drug-likeness (QED) is 0.451. The summed E-state index contributed by atoms with van der Waals surface area (Å²) >= 11 is 0. The number of rotatable bonds is 9. The summed E-state index contributed by atoms with van der Waals surface area (Å²) in [6.07, 6.45) is 2.53. The third-order valence-electron chi connectivity index (χ3n) is 7.28. The highest BCUT2D eigenvalue weighted by Crippen LogP contribution is 2.60. The van der Waals surface area contributed by atoms with Crippen LogP contribution in [0.3, 0.4) is 0 Å². The molecular weight excluding hydrogens is 451 g/mol. The van der Waals surface area contributed by atoms with E-state index in [1.165, 1.54) is 23.8 Å². The van der Waals surface area contributed by atoms with Crippen LogP contribution in [0, 0.1) is 5.92 Å². The van der Waals surface area contributed by atoms with Crippen LogP contribution in [0.25, 0.3) is 0 Å². The lowest BCUT2D eigenvalue weighted by Crippen LogP contribution is -2.39. The van der Waals surface area contributed by atoms with Crippen LogP contribution in [0.15, 0.2) is 21.9 Å². The predicted molar refractivity (Wildman–Crippen MR) is 122 cm³/mol. The number of hydrogen-bond donors (Lipinski definition) is 3. The van der Waals surface area contributed by atoms with Gasteiger partial charge >= 0.3 is 13.3 Å². The number of hydrogen-bond acceptors (Lipinski definition) is 7. The van der Waals surface area contributed by atoms with Crippen LogP contribution in [0.2, 0.25) is 0 Å². The number of aromatic nitrogens is 2. The van der Waals surface area contributed by atoms with Crippen LogP contribution in [0.4, 0.5) is 0 Å². The van der Waals surface area contributed by atoms with Gasteiger partial charge in [0.2, 0.25) is 0 Å². The zero-order valence-electron chi connectivity index (χ0n) is 20.2. The second-order valence-electron chi connectivity index (χ2n) is 9.92. The van der Waals surface area contributed by atoms with Gasteiger partial charge in [0, 0.05) is 12.3 Å². The molecule has 1 aliphatic carbocycles. The summed E-state index contributed by atoms with van der Waals surface area (Å²) in [4.78, 5) is 37.0. The fraction of sp³-hybridized carbons (Fsp3) is 0.818. The summed E-state index contributed by atoms with van der Waals surface area (Å²) in [5, 5.41) is 8.62. The molecule has 3 unspecified atom stereocenters. The normalized spacial score (nSPS) is 30.5. The standard InChI is InChI=1S/C22H37N2O8P/c1-7-21(6,27)33(28,29)32-22(8-2,9-3)13-14-12-15(18-17(14)30-20(4,5)31-18)24-11-10-16(25)23-19(24)26/h10-11,14-15,17-18,27H,7-9,12-13H2,1-6H3,(H,28,29)(H,23,25,26)/t14?,15-,17-,18+,21?/m1/s1. The average molecular weight is 489 g/mol. The van der Waals surface area contributed by atoms with Crippen molar-refractivity contribution >= 4 is 7.60 Å². The van der Waals surface area contributed by atoms with E-state index in [4.69, 9.17) is 14.0 Å². The van der Waals surface area contributed by atoms with E-state index in [-0.39, 0.29) is 24.5 Å². The van der Waals surface area contributed by atoms with E-state index in [1.54, 1.807) is 20.8 Å². The first-order chi connectivity index (χ1) is 15.2. The Kier molecular flexibility index (Phi) is 7.22. The first-order valence-electron chi connectivity index (χ1n) is 11.6. The molecule has 0 radical (unpaired) electrons. The van der Waals surface area contributed by atoms with Crippen molar-refractivity contribution in [2.75, 3.05) is 0 Å². The molecule has 3 N–H and O–H groups in total. The summed E-state index contributed by atoms with van der Waals surface area (Å²) in [5.74, 6) is -1.01. The third kappa shape index (κ3) is 5.06. The van der Waals surface area contributed by atoms with Gasteiger partial charge in [0.15, 0.2) is 11.1 Å². The van der Waals surface area contributed by atoms with Crippen LogP contribution in [-0.2, 0) is 18.6 Å². The first-order valence-corrected chi connectivity index (χ1v) is 13.2. The largest absolute Gasteiger partial charge is 0.378 e. The molecule has 11 heteroatoms. The van der Waals surface area contributed by atoms with Crippen LogP contribution in [0.5, 0.6) is 0 Å². The Hall–Kier alpha value is -1.29. The molecule has 0 spiro atoms. The van der Waals surface area contributed by atoms with Gasteiger partial charge in [-0.25, -0.2) is 4.79 Å². The van der Waals surface area contributed by atoms with E-state index in [9.17, 15) is 24.2 Å². The van der Waals surface area contributed by atoms with Crippen molar-refractivity contribution in [2.24, 2.45) is 5.92 Å². The molecule has 6 atom stereocenters. The number of nitrogens with one attached hydrogen (secondary N) is 1. The van der Waals surface area contributed by atoms with E-state index < -0.39 is 41.7 Å². The van der Waals surface area contributed by atoms with E-state index in [1.807, 2.05) is 13.8 Å². The molecular formula is C22H37N2O8P. The molecule has 1 aromatic heterocycles. The zero-order chi connectivity index (χ0) is 24.8. The maximum atomic E-state index is 13.0. The van der Waals surface area contributed by atoms with Gasteiger partial charge < -0.3 is 24.0 Å². The number of H-pyrrole nitrogens is 1. The maximum absolute atomic E-state index is 13.0. The van der Waals surface area contributed by atoms with Crippen LogP contribution in [0.1, 0.15) is 79.7 Å². The van der Waals surface area contributed by atoms with E-state index in [2.05, 4.69) is 4.98 Å². The lowest BCUT2D eigenvalue weighted by molar-refractivity contribution is -0.163. The van der Waals surface area contributed by atoms with Gasteiger partial charge in [0.1, 0.15) is 6.10 Å². The highest BCUT2D eigenvalue weighted by Gasteiger charge is 2.57. The van der Waals surface area contributed by atoms with Crippen LogP contribution in [-0.4, -0.2) is 48.5 Å². The van der Waals surface area contributed by atoms with Gasteiger partial charge in [-0.15, -0.1) is 0 Å². The number of ether oxygens (including phenoxy) is 2. The number of aromatic amines is 1. The average Bonchev–Trinajstić information content (AvgIpc) is 3.20. The lowest BCUT2D eigenvalue weighted by Gasteiger charge is -2.40. The molecule has 1 aliphatic heterocycles. The van der Waals surface area contributed by atoms with Crippen molar-refractivity contribution in [3.63, 3.8) is 0 Å².